The number of nitrogens with two attached hydrogens (primary N) is 1. The van der Waals surface area contributed by atoms with Gasteiger partial charge in [-0.15, -0.1) is 0 Å². The molecule has 9 rings (SSSR count). The van der Waals surface area contributed by atoms with Crippen LogP contribution in [0.2, 0.25) is 0 Å². The van der Waals surface area contributed by atoms with E-state index in [0.29, 0.717) is 0 Å². The molecule has 53 heavy (non-hydrogen) atoms. The fourth-order valence-corrected chi connectivity index (χ4v) is 7.89. The van der Waals surface area contributed by atoms with Crippen LogP contribution in [0, 0.1) is 0 Å². The van der Waals surface area contributed by atoms with E-state index in [1.807, 2.05) is 0 Å². The number of benzene rings is 9. The number of nitrogens with one attached hydrogen (secondary N) is 2. The summed E-state index contributed by atoms with van der Waals surface area (Å²) in [4.78, 5) is 0. The molecule has 256 valence electrons. The predicted molar refractivity (Wildman–Crippen MR) is 226 cm³/mol. The second-order valence-corrected chi connectivity index (χ2v) is 14.0. The molecule has 0 fully saturated rings. The van der Waals surface area contributed by atoms with Crippen molar-refractivity contribution in [2.75, 3.05) is 5.32 Å². The van der Waals surface area contributed by atoms with Gasteiger partial charge in [0.1, 0.15) is 0 Å². The number of para-hydroxylation sites is 1. The normalized spacial score (nSPS) is 12.7. The monoisotopic (exact) mass is 683 g/mol. The summed E-state index contributed by atoms with van der Waals surface area (Å²) in [6, 6.07) is 67.5. The van der Waals surface area contributed by atoms with Crippen LogP contribution in [0.4, 0.5) is 11.4 Å². The molecule has 0 radical (unpaired) electrons. The molecule has 0 aromatic heterocycles. The van der Waals surface area contributed by atoms with Gasteiger partial charge in [0.2, 0.25) is 0 Å². The van der Waals surface area contributed by atoms with E-state index in [1.165, 1.54) is 65.3 Å². The van der Waals surface area contributed by atoms with Crippen molar-refractivity contribution in [3.05, 3.63) is 205 Å². The van der Waals surface area contributed by atoms with Gasteiger partial charge >= 0.3 is 0 Å². The van der Waals surface area contributed by atoms with Crippen LogP contribution in [0.3, 0.4) is 0 Å². The summed E-state index contributed by atoms with van der Waals surface area (Å²) in [6.07, 6.45) is 1.56. The summed E-state index contributed by atoms with van der Waals surface area (Å²) >= 11 is 0. The number of hydrogen-bond acceptors (Lipinski definition) is 3. The van der Waals surface area contributed by atoms with Gasteiger partial charge in [0.15, 0.2) is 0 Å². The van der Waals surface area contributed by atoms with Crippen molar-refractivity contribution < 1.29 is 0 Å². The van der Waals surface area contributed by atoms with Crippen molar-refractivity contribution in [2.45, 2.75) is 25.0 Å². The molecule has 4 N–H and O–H groups in total. The lowest BCUT2D eigenvalue weighted by molar-refractivity contribution is 0.432. The van der Waals surface area contributed by atoms with Crippen LogP contribution in [0.1, 0.15) is 35.3 Å². The van der Waals surface area contributed by atoms with Crippen molar-refractivity contribution in [3.63, 3.8) is 0 Å². The number of hydrogen-bond donors (Lipinski definition) is 3. The van der Waals surface area contributed by atoms with Gasteiger partial charge in [-0.3, -0.25) is 5.32 Å². The molecule has 0 saturated carbocycles. The Labute approximate surface area is 310 Å². The van der Waals surface area contributed by atoms with Crippen molar-refractivity contribution in [2.24, 2.45) is 5.73 Å². The van der Waals surface area contributed by atoms with Gasteiger partial charge in [-0.05, 0) is 109 Å². The first-order chi connectivity index (χ1) is 26.2. The first-order valence-corrected chi connectivity index (χ1v) is 18.5. The first kappa shape index (κ1) is 32.6. The summed E-state index contributed by atoms with van der Waals surface area (Å²) in [5.41, 5.74) is 15.0. The minimum Gasteiger partial charge on any atom is -0.355 e. The van der Waals surface area contributed by atoms with Gasteiger partial charge in [-0.25, -0.2) is 0 Å². The fraction of sp³-hybridized carbons (Fsp3) is 0.0800. The van der Waals surface area contributed by atoms with E-state index in [0.717, 1.165) is 29.8 Å². The Morgan fingerprint density at radius 3 is 1.92 bits per heavy atom. The maximum absolute atomic E-state index is 6.93. The lowest BCUT2D eigenvalue weighted by Crippen LogP contribution is -2.32. The molecule has 0 amide bonds. The van der Waals surface area contributed by atoms with Gasteiger partial charge in [0, 0.05) is 23.0 Å². The maximum atomic E-state index is 6.93. The highest BCUT2D eigenvalue weighted by Gasteiger charge is 2.18. The molecule has 9 aromatic rings. The van der Waals surface area contributed by atoms with Crippen molar-refractivity contribution >= 4 is 54.5 Å². The van der Waals surface area contributed by atoms with Crippen LogP contribution in [0.15, 0.2) is 188 Å². The smallest absolute Gasteiger partial charge is 0.0814 e. The lowest BCUT2D eigenvalue weighted by Gasteiger charge is -2.25. The van der Waals surface area contributed by atoms with Crippen molar-refractivity contribution in [1.82, 2.24) is 5.32 Å². The number of anilines is 2. The minimum atomic E-state index is -0.333. The van der Waals surface area contributed by atoms with Gasteiger partial charge in [-0.2, -0.15) is 0 Å². The predicted octanol–water partition coefficient (Wildman–Crippen LogP) is 12.6. The maximum Gasteiger partial charge on any atom is 0.0814 e. The Morgan fingerprint density at radius 2 is 1.09 bits per heavy atom. The van der Waals surface area contributed by atoms with Crippen molar-refractivity contribution in [3.8, 4) is 11.1 Å². The van der Waals surface area contributed by atoms with E-state index >= 15 is 0 Å². The average molecular weight is 684 g/mol. The highest BCUT2D eigenvalue weighted by molar-refractivity contribution is 6.23. The Hall–Kier alpha value is -6.26. The summed E-state index contributed by atoms with van der Waals surface area (Å²) in [6.45, 7) is 0. The summed E-state index contributed by atoms with van der Waals surface area (Å²) in [5, 5.41) is 17.6. The topological polar surface area (TPSA) is 50.1 Å². The minimum absolute atomic E-state index is 0.0901. The summed E-state index contributed by atoms with van der Waals surface area (Å²) < 4.78 is 0. The highest BCUT2D eigenvalue weighted by atomic mass is 15.0. The standard InChI is InChI=1S/C50H41N3/c51-50(53-47(31-22-34-12-2-1-3-13-34)40-24-23-35-14-4-5-16-38(35)32-40)37-25-28-41(29-26-37)52-48-21-11-10-20-44(48)46-33-39-17-7-8-18-42(39)45-30-27-36-15-6-9-19-43(36)49(45)46/h1-21,23-30,32-33,47,50,52-53H,22,31,51H2. The molecule has 0 aliphatic heterocycles. The van der Waals surface area contributed by atoms with Crippen LogP contribution in [0.25, 0.3) is 54.2 Å². The molecule has 0 aliphatic rings. The van der Waals surface area contributed by atoms with Gasteiger partial charge in [0.05, 0.1) is 6.17 Å². The summed E-state index contributed by atoms with van der Waals surface area (Å²) in [7, 11) is 0. The molecule has 2 unspecified atom stereocenters. The van der Waals surface area contributed by atoms with Gasteiger partial charge < -0.3 is 11.1 Å². The van der Waals surface area contributed by atoms with Crippen LogP contribution in [-0.4, -0.2) is 0 Å². The molecule has 3 nitrogen and oxygen atoms in total. The summed E-state index contributed by atoms with van der Waals surface area (Å²) in [5.74, 6) is 0. The molecule has 3 heteroatoms. The zero-order valence-electron chi connectivity index (χ0n) is 29.5. The van der Waals surface area contributed by atoms with Crippen LogP contribution < -0.4 is 16.4 Å². The van der Waals surface area contributed by atoms with Crippen LogP contribution >= 0.6 is 0 Å². The van der Waals surface area contributed by atoms with E-state index in [-0.39, 0.29) is 12.2 Å². The van der Waals surface area contributed by atoms with E-state index in [9.17, 15) is 0 Å². The van der Waals surface area contributed by atoms with E-state index in [2.05, 4.69) is 199 Å². The second kappa shape index (κ2) is 14.4. The average Bonchev–Trinajstić information content (AvgIpc) is 3.22. The number of aryl methyl sites for hydroxylation is 1. The molecule has 0 heterocycles. The molecular weight excluding hydrogens is 643 g/mol. The third-order valence-electron chi connectivity index (χ3n) is 10.6. The zero-order valence-corrected chi connectivity index (χ0v) is 29.5. The van der Waals surface area contributed by atoms with Crippen molar-refractivity contribution in [1.29, 1.82) is 0 Å². The molecule has 0 bridgehead atoms. The van der Waals surface area contributed by atoms with Crippen LogP contribution in [0.5, 0.6) is 0 Å². The first-order valence-electron chi connectivity index (χ1n) is 18.5. The molecule has 9 aromatic carbocycles. The largest absolute Gasteiger partial charge is 0.355 e. The highest BCUT2D eigenvalue weighted by Crippen LogP contribution is 2.42. The number of fused-ring (bicyclic) bond motifs is 6. The zero-order chi connectivity index (χ0) is 35.6. The van der Waals surface area contributed by atoms with E-state index < -0.39 is 0 Å². The van der Waals surface area contributed by atoms with Crippen LogP contribution in [-0.2, 0) is 6.42 Å². The molecule has 0 aliphatic carbocycles. The molecule has 0 spiro atoms. The third kappa shape index (κ3) is 6.65. The Morgan fingerprint density at radius 1 is 0.453 bits per heavy atom. The Kier molecular flexibility index (Phi) is 8.87. The van der Waals surface area contributed by atoms with Gasteiger partial charge in [-0.1, -0.05) is 158 Å². The van der Waals surface area contributed by atoms with Gasteiger partial charge in [0.25, 0.3) is 0 Å². The quantitative estimate of drug-likeness (QED) is 0.0993. The molecule has 2 atom stereocenters. The fourth-order valence-electron chi connectivity index (χ4n) is 7.89. The third-order valence-corrected chi connectivity index (χ3v) is 10.6. The Bertz CT molecular complexity index is 2700. The van der Waals surface area contributed by atoms with E-state index in [4.69, 9.17) is 5.73 Å². The second-order valence-electron chi connectivity index (χ2n) is 14.0. The molecular formula is C50H41N3. The van der Waals surface area contributed by atoms with E-state index in [1.54, 1.807) is 0 Å². The lowest BCUT2D eigenvalue weighted by atomic mass is 9.89. The molecule has 0 saturated heterocycles. The Balaban J connectivity index is 1.01. The number of rotatable bonds is 10. The SMILES string of the molecule is NC(NC(CCc1ccccc1)c1ccc2ccccc2c1)c1ccc(Nc2ccccc2-c2cc3ccccc3c3ccc4ccccc4c23)cc1.